The van der Waals surface area contributed by atoms with Gasteiger partial charge in [0.05, 0.1) is 5.56 Å². The van der Waals surface area contributed by atoms with Crippen LogP contribution in [0.2, 0.25) is 0 Å². The van der Waals surface area contributed by atoms with E-state index in [0.717, 1.165) is 30.6 Å². The Kier molecular flexibility index (Phi) is 8.11. The normalized spacial score (nSPS) is 28.7. The van der Waals surface area contributed by atoms with E-state index in [4.69, 9.17) is 4.74 Å². The average molecular weight is 389 g/mol. The van der Waals surface area contributed by atoms with Gasteiger partial charge in [0.15, 0.2) is 0 Å². The molecule has 0 aromatic heterocycles. The molecule has 2 fully saturated rings. The standard InChI is InChI=1S/C24H36O2S/c1-3-4-5-18-6-8-19(9-7-18)20-10-14-22(15-11-20)26-24(25)21-12-16-23(27-2)17-13-21/h12-13,16-20,22H,3-11,14-15H2,1-2H3. The summed E-state index contributed by atoms with van der Waals surface area (Å²) >= 11 is 1.69. The molecule has 0 spiro atoms. The maximum Gasteiger partial charge on any atom is 0.338 e. The van der Waals surface area contributed by atoms with E-state index >= 15 is 0 Å². The number of hydrogen-bond acceptors (Lipinski definition) is 3. The third-order valence-electron chi connectivity index (χ3n) is 6.84. The molecule has 2 aliphatic rings. The maximum atomic E-state index is 12.4. The van der Waals surface area contributed by atoms with Crippen LogP contribution in [0.4, 0.5) is 0 Å². The number of unbranched alkanes of at least 4 members (excludes halogenated alkanes) is 1. The van der Waals surface area contributed by atoms with Crippen molar-refractivity contribution in [1.29, 1.82) is 0 Å². The molecule has 2 aliphatic carbocycles. The highest BCUT2D eigenvalue weighted by Crippen LogP contribution is 2.41. The van der Waals surface area contributed by atoms with Crippen molar-refractivity contribution in [2.24, 2.45) is 17.8 Å². The van der Waals surface area contributed by atoms with Crippen molar-refractivity contribution < 1.29 is 9.53 Å². The highest BCUT2D eigenvalue weighted by Gasteiger charge is 2.31. The number of benzene rings is 1. The predicted molar refractivity (Wildman–Crippen MR) is 114 cm³/mol. The Morgan fingerprint density at radius 2 is 1.56 bits per heavy atom. The lowest BCUT2D eigenvalue weighted by Crippen LogP contribution is -2.29. The molecule has 0 unspecified atom stereocenters. The Morgan fingerprint density at radius 1 is 0.963 bits per heavy atom. The van der Waals surface area contributed by atoms with Gasteiger partial charge in [-0.15, -0.1) is 11.8 Å². The molecule has 3 rings (SSSR count). The van der Waals surface area contributed by atoms with Gasteiger partial charge < -0.3 is 4.74 Å². The lowest BCUT2D eigenvalue weighted by molar-refractivity contribution is 0.0109. The van der Waals surface area contributed by atoms with E-state index in [9.17, 15) is 4.79 Å². The molecule has 0 aliphatic heterocycles. The van der Waals surface area contributed by atoms with Crippen LogP contribution >= 0.6 is 11.8 Å². The van der Waals surface area contributed by atoms with E-state index in [-0.39, 0.29) is 12.1 Å². The zero-order chi connectivity index (χ0) is 19.1. The van der Waals surface area contributed by atoms with Crippen molar-refractivity contribution in [3.05, 3.63) is 29.8 Å². The van der Waals surface area contributed by atoms with Crippen molar-refractivity contribution in [2.75, 3.05) is 6.26 Å². The second-order valence-electron chi connectivity index (χ2n) is 8.59. The van der Waals surface area contributed by atoms with Gasteiger partial charge in [-0.1, -0.05) is 39.0 Å². The Hall–Kier alpha value is -0.960. The molecule has 2 saturated carbocycles. The molecule has 27 heavy (non-hydrogen) atoms. The van der Waals surface area contributed by atoms with Crippen molar-refractivity contribution >= 4 is 17.7 Å². The summed E-state index contributed by atoms with van der Waals surface area (Å²) in [6.45, 7) is 2.30. The van der Waals surface area contributed by atoms with Gasteiger partial charge in [0.1, 0.15) is 6.10 Å². The van der Waals surface area contributed by atoms with Gasteiger partial charge in [-0.05, 0) is 86.8 Å². The van der Waals surface area contributed by atoms with Crippen molar-refractivity contribution in [1.82, 2.24) is 0 Å². The van der Waals surface area contributed by atoms with Gasteiger partial charge >= 0.3 is 5.97 Å². The van der Waals surface area contributed by atoms with Crippen molar-refractivity contribution in [3.8, 4) is 0 Å². The van der Waals surface area contributed by atoms with Gasteiger partial charge in [-0.25, -0.2) is 4.79 Å². The molecule has 0 heterocycles. The smallest absolute Gasteiger partial charge is 0.338 e. The summed E-state index contributed by atoms with van der Waals surface area (Å²) in [7, 11) is 0. The Morgan fingerprint density at radius 3 is 2.11 bits per heavy atom. The maximum absolute atomic E-state index is 12.4. The molecule has 0 saturated heterocycles. The Bertz CT molecular complexity index is 567. The molecule has 3 heteroatoms. The molecule has 0 amide bonds. The summed E-state index contributed by atoms with van der Waals surface area (Å²) in [5.41, 5.74) is 0.681. The Labute approximate surface area is 169 Å². The molecule has 0 atom stereocenters. The molecule has 0 radical (unpaired) electrons. The molecular formula is C24H36O2S. The fraction of sp³-hybridized carbons (Fsp3) is 0.708. The molecule has 1 aromatic rings. The molecule has 150 valence electrons. The van der Waals surface area contributed by atoms with Gasteiger partial charge in [0.2, 0.25) is 0 Å². The van der Waals surface area contributed by atoms with E-state index < -0.39 is 0 Å². The minimum atomic E-state index is -0.150. The van der Waals surface area contributed by atoms with Crippen LogP contribution in [-0.4, -0.2) is 18.3 Å². The van der Waals surface area contributed by atoms with Crippen LogP contribution in [0.3, 0.4) is 0 Å². The topological polar surface area (TPSA) is 26.3 Å². The molecule has 1 aromatic carbocycles. The van der Waals surface area contributed by atoms with Crippen molar-refractivity contribution in [3.63, 3.8) is 0 Å². The summed E-state index contributed by atoms with van der Waals surface area (Å²) in [6, 6.07) is 7.76. The van der Waals surface area contributed by atoms with Gasteiger partial charge in [0, 0.05) is 4.90 Å². The first kappa shape index (κ1) is 20.8. The number of ether oxygens (including phenoxy) is 1. The number of hydrogen-bond donors (Lipinski definition) is 0. The van der Waals surface area contributed by atoms with Crippen LogP contribution in [0.15, 0.2) is 29.2 Å². The van der Waals surface area contributed by atoms with Crippen LogP contribution in [-0.2, 0) is 4.74 Å². The fourth-order valence-corrected chi connectivity index (χ4v) is 5.47. The third-order valence-corrected chi connectivity index (χ3v) is 7.59. The molecular weight excluding hydrogens is 352 g/mol. The van der Waals surface area contributed by atoms with Crippen LogP contribution < -0.4 is 0 Å². The summed E-state index contributed by atoms with van der Waals surface area (Å²) in [5, 5.41) is 0. The minimum Gasteiger partial charge on any atom is -0.459 e. The Balaban J connectivity index is 1.39. The lowest BCUT2D eigenvalue weighted by Gasteiger charge is -2.37. The van der Waals surface area contributed by atoms with E-state index in [1.165, 1.54) is 62.7 Å². The first-order valence-corrected chi connectivity index (χ1v) is 12.3. The SMILES string of the molecule is CCCCC1CCC(C2CCC(OC(=O)c3ccc(SC)cc3)CC2)CC1. The number of rotatable bonds is 7. The minimum absolute atomic E-state index is 0.120. The quantitative estimate of drug-likeness (QED) is 0.367. The summed E-state index contributed by atoms with van der Waals surface area (Å²) in [6.07, 6.45) is 16.7. The van der Waals surface area contributed by atoms with Crippen LogP contribution in [0, 0.1) is 17.8 Å². The number of carbonyl (C=O) groups excluding carboxylic acids is 1. The highest BCUT2D eigenvalue weighted by molar-refractivity contribution is 7.98. The largest absolute Gasteiger partial charge is 0.459 e. The van der Waals surface area contributed by atoms with E-state index in [2.05, 4.69) is 6.92 Å². The summed E-state index contributed by atoms with van der Waals surface area (Å²) in [4.78, 5) is 13.6. The summed E-state index contributed by atoms with van der Waals surface area (Å²) < 4.78 is 5.80. The predicted octanol–water partition coefficient (Wildman–Crippen LogP) is 7.12. The van der Waals surface area contributed by atoms with Crippen LogP contribution in [0.25, 0.3) is 0 Å². The number of esters is 1. The second-order valence-corrected chi connectivity index (χ2v) is 9.47. The number of carbonyl (C=O) groups is 1. The van der Waals surface area contributed by atoms with Crippen LogP contribution in [0.5, 0.6) is 0 Å². The fourth-order valence-electron chi connectivity index (χ4n) is 5.07. The average Bonchev–Trinajstić information content (AvgIpc) is 2.73. The molecule has 0 bridgehead atoms. The monoisotopic (exact) mass is 388 g/mol. The first-order chi connectivity index (χ1) is 13.2. The van der Waals surface area contributed by atoms with Gasteiger partial charge in [0.25, 0.3) is 0 Å². The number of thioether (sulfide) groups is 1. The van der Waals surface area contributed by atoms with Gasteiger partial charge in [-0.2, -0.15) is 0 Å². The third kappa shape index (κ3) is 6.01. The molecule has 0 N–H and O–H groups in total. The van der Waals surface area contributed by atoms with Gasteiger partial charge in [-0.3, -0.25) is 0 Å². The zero-order valence-corrected chi connectivity index (χ0v) is 17.9. The first-order valence-electron chi connectivity index (χ1n) is 11.0. The van der Waals surface area contributed by atoms with Crippen molar-refractivity contribution in [2.45, 2.75) is 88.6 Å². The van der Waals surface area contributed by atoms with E-state index in [1.54, 1.807) is 11.8 Å². The lowest BCUT2D eigenvalue weighted by atomic mass is 9.70. The van der Waals surface area contributed by atoms with Crippen LogP contribution in [0.1, 0.15) is 87.9 Å². The highest BCUT2D eigenvalue weighted by atomic mass is 32.2. The molecule has 2 nitrogen and oxygen atoms in total. The summed E-state index contributed by atoms with van der Waals surface area (Å²) in [5.74, 6) is 2.64. The second kappa shape index (κ2) is 10.5. The van der Waals surface area contributed by atoms with E-state index in [0.29, 0.717) is 5.56 Å². The van der Waals surface area contributed by atoms with E-state index in [1.807, 2.05) is 30.5 Å². The zero-order valence-electron chi connectivity index (χ0n) is 17.1.